The first-order valence-electron chi connectivity index (χ1n) is 5.38. The molecule has 0 heterocycles. The van der Waals surface area contributed by atoms with Gasteiger partial charge in [-0.15, -0.1) is 23.4 Å². The minimum atomic E-state index is 0.418. The molecule has 74 valence electrons. The zero-order valence-corrected chi connectivity index (χ0v) is 9.24. The van der Waals surface area contributed by atoms with Crippen molar-refractivity contribution in [1.82, 2.24) is 0 Å². The van der Waals surface area contributed by atoms with Crippen molar-refractivity contribution in [3.63, 3.8) is 0 Å². The maximum atomic E-state index is 6.32. The Hall–Kier alpha value is -0.150. The van der Waals surface area contributed by atoms with Gasteiger partial charge in [-0.3, -0.25) is 0 Å². The molecule has 0 aromatic rings. The Morgan fingerprint density at radius 1 is 1.23 bits per heavy atom. The Morgan fingerprint density at radius 2 is 2.00 bits per heavy atom. The van der Waals surface area contributed by atoms with Gasteiger partial charge >= 0.3 is 0 Å². The number of halogens is 1. The summed E-state index contributed by atoms with van der Waals surface area (Å²) in [5.41, 5.74) is 0. The molecule has 0 aromatic carbocycles. The molecule has 0 spiro atoms. The highest BCUT2D eigenvalue weighted by Crippen LogP contribution is 2.30. The number of alkyl halides is 1. The summed E-state index contributed by atoms with van der Waals surface area (Å²) in [6.07, 6.45) is 8.83. The van der Waals surface area contributed by atoms with E-state index in [9.17, 15) is 0 Å². The van der Waals surface area contributed by atoms with Crippen LogP contribution < -0.4 is 0 Å². The maximum absolute atomic E-state index is 6.32. The Morgan fingerprint density at radius 3 is 2.77 bits per heavy atom. The van der Waals surface area contributed by atoms with E-state index in [0.717, 1.165) is 12.3 Å². The molecule has 0 nitrogen and oxygen atoms in total. The fraction of sp³-hybridized carbons (Fsp3) is 0.833. The zero-order valence-electron chi connectivity index (χ0n) is 8.48. The molecule has 1 rings (SSSR count). The molecule has 1 aliphatic rings. The van der Waals surface area contributed by atoms with Gasteiger partial charge in [0.1, 0.15) is 0 Å². The third kappa shape index (κ3) is 4.05. The summed E-state index contributed by atoms with van der Waals surface area (Å²) in [6, 6.07) is 0. The molecule has 1 aliphatic carbocycles. The molecule has 2 unspecified atom stereocenters. The van der Waals surface area contributed by atoms with E-state index in [2.05, 4.69) is 11.8 Å². The van der Waals surface area contributed by atoms with Crippen molar-refractivity contribution in [2.45, 2.75) is 57.2 Å². The lowest BCUT2D eigenvalue weighted by Gasteiger charge is -2.17. The molecular weight excluding hydrogens is 180 g/mol. The molecule has 0 saturated heterocycles. The van der Waals surface area contributed by atoms with Crippen molar-refractivity contribution < 1.29 is 0 Å². The van der Waals surface area contributed by atoms with Crippen molar-refractivity contribution in [1.29, 1.82) is 0 Å². The minimum absolute atomic E-state index is 0.418. The third-order valence-corrected chi connectivity index (χ3v) is 3.46. The largest absolute Gasteiger partial charge is 0.123 e. The monoisotopic (exact) mass is 198 g/mol. The van der Waals surface area contributed by atoms with Crippen LogP contribution in [0.4, 0.5) is 0 Å². The standard InChI is InChI=1S/C12H19Cl/c1-2-3-5-8-11-9-6-4-7-10-12(11)13/h11-12H,4-10H2,1H3. The van der Waals surface area contributed by atoms with E-state index in [1.807, 2.05) is 6.92 Å². The highest BCUT2D eigenvalue weighted by Gasteiger charge is 2.20. The number of hydrogen-bond acceptors (Lipinski definition) is 0. The van der Waals surface area contributed by atoms with E-state index in [1.54, 1.807) is 0 Å². The summed E-state index contributed by atoms with van der Waals surface area (Å²) in [7, 11) is 0. The van der Waals surface area contributed by atoms with Crippen LogP contribution in [0.5, 0.6) is 0 Å². The lowest BCUT2D eigenvalue weighted by atomic mass is 9.95. The van der Waals surface area contributed by atoms with Crippen molar-refractivity contribution in [3.8, 4) is 11.8 Å². The van der Waals surface area contributed by atoms with Gasteiger partial charge in [-0.05, 0) is 32.1 Å². The fourth-order valence-electron chi connectivity index (χ4n) is 2.05. The lowest BCUT2D eigenvalue weighted by Crippen LogP contribution is -2.12. The zero-order chi connectivity index (χ0) is 9.52. The molecule has 0 amide bonds. The van der Waals surface area contributed by atoms with Crippen LogP contribution in [0.15, 0.2) is 0 Å². The van der Waals surface area contributed by atoms with Crippen LogP contribution >= 0.6 is 11.6 Å². The topological polar surface area (TPSA) is 0 Å². The van der Waals surface area contributed by atoms with Crippen LogP contribution in [0.1, 0.15) is 51.9 Å². The Balaban J connectivity index is 2.30. The highest BCUT2D eigenvalue weighted by molar-refractivity contribution is 6.20. The summed E-state index contributed by atoms with van der Waals surface area (Å²) in [6.45, 7) is 1.91. The summed E-state index contributed by atoms with van der Waals surface area (Å²) in [4.78, 5) is 0. The van der Waals surface area contributed by atoms with Gasteiger partial charge in [0.25, 0.3) is 0 Å². The van der Waals surface area contributed by atoms with Gasteiger partial charge in [0.15, 0.2) is 0 Å². The SMILES string of the molecule is CC#CCCC1CCCCCC1Cl. The maximum Gasteiger partial charge on any atom is 0.0364 e. The van der Waals surface area contributed by atoms with E-state index < -0.39 is 0 Å². The van der Waals surface area contributed by atoms with Gasteiger partial charge in [0.2, 0.25) is 0 Å². The normalized spacial score (nSPS) is 28.8. The predicted octanol–water partition coefficient (Wildman–Crippen LogP) is 3.98. The highest BCUT2D eigenvalue weighted by atomic mass is 35.5. The van der Waals surface area contributed by atoms with Crippen LogP contribution in [-0.4, -0.2) is 5.38 Å². The predicted molar refractivity (Wildman–Crippen MR) is 58.9 cm³/mol. The van der Waals surface area contributed by atoms with Crippen molar-refractivity contribution in [2.24, 2.45) is 5.92 Å². The second-order valence-corrected chi connectivity index (χ2v) is 4.44. The molecule has 13 heavy (non-hydrogen) atoms. The van der Waals surface area contributed by atoms with E-state index in [-0.39, 0.29) is 0 Å². The molecule has 0 bridgehead atoms. The number of rotatable bonds is 2. The Bertz CT molecular complexity index is 187. The van der Waals surface area contributed by atoms with Crippen LogP contribution in [0, 0.1) is 17.8 Å². The first-order chi connectivity index (χ1) is 6.34. The molecule has 2 atom stereocenters. The molecule has 1 saturated carbocycles. The minimum Gasteiger partial charge on any atom is -0.123 e. The molecule has 1 heteroatoms. The molecule has 1 fully saturated rings. The third-order valence-electron chi connectivity index (χ3n) is 2.88. The van der Waals surface area contributed by atoms with E-state index >= 15 is 0 Å². The fourth-order valence-corrected chi connectivity index (χ4v) is 2.45. The van der Waals surface area contributed by atoms with E-state index in [0.29, 0.717) is 5.38 Å². The average Bonchev–Trinajstić information content (AvgIpc) is 2.32. The van der Waals surface area contributed by atoms with Gasteiger partial charge in [-0.2, -0.15) is 0 Å². The Labute approximate surface area is 87.1 Å². The average molecular weight is 199 g/mol. The van der Waals surface area contributed by atoms with Crippen molar-refractivity contribution in [3.05, 3.63) is 0 Å². The van der Waals surface area contributed by atoms with E-state index in [1.165, 1.54) is 38.5 Å². The summed E-state index contributed by atoms with van der Waals surface area (Å²) >= 11 is 6.32. The first kappa shape index (κ1) is 10.9. The molecule has 0 radical (unpaired) electrons. The van der Waals surface area contributed by atoms with Crippen molar-refractivity contribution >= 4 is 11.6 Å². The second kappa shape index (κ2) is 6.33. The van der Waals surface area contributed by atoms with Crippen LogP contribution in [0.3, 0.4) is 0 Å². The first-order valence-corrected chi connectivity index (χ1v) is 5.82. The van der Waals surface area contributed by atoms with Crippen LogP contribution in [0.25, 0.3) is 0 Å². The van der Waals surface area contributed by atoms with Crippen molar-refractivity contribution in [2.75, 3.05) is 0 Å². The molecular formula is C12H19Cl. The van der Waals surface area contributed by atoms with Gasteiger partial charge in [-0.25, -0.2) is 0 Å². The molecule has 0 aliphatic heterocycles. The van der Waals surface area contributed by atoms with Gasteiger partial charge in [-0.1, -0.05) is 19.3 Å². The lowest BCUT2D eigenvalue weighted by molar-refractivity contribution is 0.441. The van der Waals surface area contributed by atoms with Gasteiger partial charge in [0, 0.05) is 11.8 Å². The smallest absolute Gasteiger partial charge is 0.0364 e. The molecule has 0 aromatic heterocycles. The van der Waals surface area contributed by atoms with E-state index in [4.69, 9.17) is 11.6 Å². The summed E-state index contributed by atoms with van der Waals surface area (Å²) in [5, 5.41) is 0.418. The van der Waals surface area contributed by atoms with Gasteiger partial charge < -0.3 is 0 Å². The summed E-state index contributed by atoms with van der Waals surface area (Å²) in [5.74, 6) is 6.80. The Kier molecular flexibility index (Phi) is 5.32. The second-order valence-electron chi connectivity index (χ2n) is 3.88. The number of hydrogen-bond donors (Lipinski definition) is 0. The van der Waals surface area contributed by atoms with Gasteiger partial charge in [0.05, 0.1) is 0 Å². The van der Waals surface area contributed by atoms with Crippen LogP contribution in [0.2, 0.25) is 0 Å². The quantitative estimate of drug-likeness (QED) is 0.358. The molecule has 0 N–H and O–H groups in total. The van der Waals surface area contributed by atoms with Crippen LogP contribution in [-0.2, 0) is 0 Å². The summed E-state index contributed by atoms with van der Waals surface area (Å²) < 4.78 is 0.